The van der Waals surface area contributed by atoms with Gasteiger partial charge < -0.3 is 28.0 Å². The fraction of sp³-hybridized carbons (Fsp3) is 0.333. The van der Waals surface area contributed by atoms with Crippen LogP contribution in [-0.2, 0) is 34.0 Å². The van der Waals surface area contributed by atoms with Crippen molar-refractivity contribution in [1.82, 2.24) is 14.2 Å². The van der Waals surface area contributed by atoms with E-state index in [9.17, 15) is 18.0 Å². The van der Waals surface area contributed by atoms with E-state index in [4.69, 9.17) is 28.0 Å². The highest BCUT2D eigenvalue weighted by Crippen LogP contribution is 2.58. The monoisotopic (exact) mass is 869 g/mol. The molecule has 0 saturated carbocycles. The average Bonchev–Trinajstić information content (AvgIpc) is 3.98. The summed E-state index contributed by atoms with van der Waals surface area (Å²) in [6.45, 7) is 1.82. The number of sulfone groups is 1. The second-order valence-corrected chi connectivity index (χ2v) is 18.3. The topological polar surface area (TPSA) is 148 Å². The molecular formula is C45H45FN3O10PS. The lowest BCUT2D eigenvalue weighted by atomic mass is 9.80. The van der Waals surface area contributed by atoms with Crippen molar-refractivity contribution in [2.24, 2.45) is 0 Å². The lowest BCUT2D eigenvalue weighted by Gasteiger charge is -2.37. The number of ether oxygens (including phenoxy) is 4. The molecule has 318 valence electrons. The zero-order chi connectivity index (χ0) is 42.7. The van der Waals surface area contributed by atoms with E-state index in [1.807, 2.05) is 83.5 Å². The molecule has 8 rings (SSSR count). The lowest BCUT2D eigenvalue weighted by molar-refractivity contribution is -0.0930. The Kier molecular flexibility index (Phi) is 12.6. The van der Waals surface area contributed by atoms with Crippen LogP contribution in [0.25, 0.3) is 0 Å². The zero-order valence-corrected chi connectivity index (χ0v) is 35.4. The van der Waals surface area contributed by atoms with Gasteiger partial charge in [-0.2, -0.15) is 0 Å². The van der Waals surface area contributed by atoms with E-state index < -0.39 is 65.9 Å². The van der Waals surface area contributed by atoms with Gasteiger partial charge in [0.15, 0.2) is 22.2 Å². The largest absolute Gasteiger partial charge is 0.497 e. The smallest absolute Gasteiger partial charge is 0.330 e. The van der Waals surface area contributed by atoms with Crippen molar-refractivity contribution in [2.75, 3.05) is 33.1 Å². The van der Waals surface area contributed by atoms with Crippen molar-refractivity contribution in [3.05, 3.63) is 158 Å². The third-order valence-electron chi connectivity index (χ3n) is 11.2. The maximum Gasteiger partial charge on any atom is 0.330 e. The van der Waals surface area contributed by atoms with Crippen molar-refractivity contribution in [1.29, 1.82) is 0 Å². The molecule has 13 nitrogen and oxygen atoms in total. The van der Waals surface area contributed by atoms with Crippen LogP contribution in [0.4, 0.5) is 4.39 Å². The highest BCUT2D eigenvalue weighted by atomic mass is 32.2. The van der Waals surface area contributed by atoms with Crippen LogP contribution in [0.2, 0.25) is 0 Å². The summed E-state index contributed by atoms with van der Waals surface area (Å²) >= 11 is 0. The molecule has 0 aliphatic carbocycles. The highest BCUT2D eigenvalue weighted by Gasteiger charge is 2.55. The van der Waals surface area contributed by atoms with E-state index in [2.05, 4.69) is 16.8 Å². The molecule has 4 heterocycles. The van der Waals surface area contributed by atoms with Crippen LogP contribution in [0, 0.1) is 11.8 Å². The van der Waals surface area contributed by atoms with Crippen LogP contribution in [0.15, 0.2) is 130 Å². The molecule has 0 radical (unpaired) electrons. The van der Waals surface area contributed by atoms with Gasteiger partial charge in [-0.25, -0.2) is 22.3 Å². The Balaban J connectivity index is 1.18. The van der Waals surface area contributed by atoms with Gasteiger partial charge in [0, 0.05) is 18.8 Å². The molecule has 3 aliphatic rings. The number of aromatic nitrogens is 2. The first-order valence-corrected chi connectivity index (χ1v) is 22.6. The van der Waals surface area contributed by atoms with Gasteiger partial charge in [-0.1, -0.05) is 78.7 Å². The predicted octanol–water partition coefficient (Wildman–Crippen LogP) is 6.12. The van der Waals surface area contributed by atoms with Gasteiger partial charge >= 0.3 is 5.69 Å². The number of benzene rings is 4. The van der Waals surface area contributed by atoms with Crippen LogP contribution >= 0.6 is 8.53 Å². The number of nitrogens with zero attached hydrogens (tertiary/aromatic N) is 2. The summed E-state index contributed by atoms with van der Waals surface area (Å²) in [7, 11) is -2.59. The Morgan fingerprint density at radius 2 is 1.48 bits per heavy atom. The minimum atomic E-state index is -3.74. The number of rotatable bonds is 14. The zero-order valence-electron chi connectivity index (χ0n) is 33.7. The first-order valence-electron chi connectivity index (χ1n) is 19.8. The summed E-state index contributed by atoms with van der Waals surface area (Å²) in [5, 5.41) is 0. The van der Waals surface area contributed by atoms with Crippen LogP contribution in [0.1, 0.15) is 48.2 Å². The van der Waals surface area contributed by atoms with E-state index in [0.717, 1.165) is 27.7 Å². The quantitative estimate of drug-likeness (QED) is 0.0783. The predicted molar refractivity (Wildman–Crippen MR) is 226 cm³/mol. The van der Waals surface area contributed by atoms with E-state index in [0.29, 0.717) is 24.5 Å². The Hall–Kier alpha value is -5.17. The van der Waals surface area contributed by atoms with Crippen molar-refractivity contribution >= 4 is 18.4 Å². The van der Waals surface area contributed by atoms with Crippen LogP contribution in [0.3, 0.4) is 0 Å². The number of aromatic amines is 1. The number of H-pyrrole nitrogens is 1. The molecule has 1 aromatic heterocycles. The number of nitrogens with one attached hydrogen (secondary N) is 1. The number of halogens is 1. The van der Waals surface area contributed by atoms with E-state index in [1.165, 1.54) is 13.1 Å². The molecule has 5 aromatic rings. The molecule has 1 N–H and O–H groups in total. The van der Waals surface area contributed by atoms with E-state index >= 15 is 4.39 Å². The van der Waals surface area contributed by atoms with E-state index in [1.54, 1.807) is 44.6 Å². The fourth-order valence-corrected chi connectivity index (χ4v) is 11.8. The van der Waals surface area contributed by atoms with Crippen molar-refractivity contribution in [3.8, 4) is 23.3 Å². The van der Waals surface area contributed by atoms with Gasteiger partial charge in [-0.05, 0) is 72.9 Å². The number of methoxy groups -OCH3 is 2. The third-order valence-corrected chi connectivity index (χ3v) is 14.8. The molecule has 0 amide bonds. The van der Waals surface area contributed by atoms with Crippen molar-refractivity contribution in [2.45, 2.75) is 67.0 Å². The van der Waals surface area contributed by atoms with Crippen LogP contribution < -0.4 is 20.7 Å². The Labute approximate surface area is 354 Å². The van der Waals surface area contributed by atoms with Gasteiger partial charge in [0.05, 0.1) is 37.6 Å². The molecule has 7 atom stereocenters. The number of fused-ring (bicyclic) bond motifs is 1. The van der Waals surface area contributed by atoms with Crippen LogP contribution in [0.5, 0.6) is 11.5 Å². The summed E-state index contributed by atoms with van der Waals surface area (Å²) < 4.78 is 85.1. The number of hydrogen-bond acceptors (Lipinski definition) is 11. The summed E-state index contributed by atoms with van der Waals surface area (Å²) in [6, 6.07) is 32.3. The Bertz CT molecular complexity index is 2560. The molecule has 61 heavy (non-hydrogen) atoms. The SMILES string of the molecule is CC#Cc1cn([C@@H]2O[C@H](COC(c3ccccc3)(c3ccc(OC)cc3)c3ccc(OC)cc3)[C@@H](O[P@]3O[C@H](CS(=O)(=O)c4ccccc4)[C@@H]4CCCN43)[C@H]2F)c(=O)[nH]c1=O. The minimum absolute atomic E-state index is 0.0527. The molecule has 0 bridgehead atoms. The first kappa shape index (κ1) is 42.5. The fourth-order valence-electron chi connectivity index (χ4n) is 8.23. The number of alkyl halides is 1. The van der Waals surface area contributed by atoms with Gasteiger partial charge in [0.1, 0.15) is 34.9 Å². The summed E-state index contributed by atoms with van der Waals surface area (Å²) in [4.78, 5) is 28.4. The summed E-state index contributed by atoms with van der Waals surface area (Å²) in [5.74, 6) is 6.28. The molecule has 0 unspecified atom stereocenters. The van der Waals surface area contributed by atoms with Crippen molar-refractivity contribution < 1.29 is 40.8 Å². The molecule has 4 aromatic carbocycles. The summed E-state index contributed by atoms with van der Waals surface area (Å²) in [6.07, 6.45) is -4.25. The molecule has 3 saturated heterocycles. The maximum atomic E-state index is 17.3. The molecular weight excluding hydrogens is 825 g/mol. The second kappa shape index (κ2) is 18.0. The molecule has 3 fully saturated rings. The average molecular weight is 870 g/mol. The standard InChI is InChI=1S/C45H45FN3O10PS/c1-4-12-30-27-48(44(51)47-42(30)50)43-40(46)41(59-60-49-26-11-17-37(49)39(58-60)29-61(52,53)36-15-9-6-10-16-36)38(57-43)28-56-45(31-13-7-5-8-14-31,32-18-22-34(54-2)23-19-32)33-20-24-35(55-3)25-21-33/h5-10,13-16,18-25,27,37-41,43H,11,17,26,28-29H2,1-3H3,(H,47,50,51)/t37-,38+,39+,40+,41+,43+,60-/m0/s1. The molecule has 0 spiro atoms. The lowest BCUT2D eigenvalue weighted by Crippen LogP contribution is -2.40. The molecule has 16 heteroatoms. The molecule has 3 aliphatic heterocycles. The third kappa shape index (κ3) is 8.42. The second-order valence-electron chi connectivity index (χ2n) is 14.8. The first-order chi connectivity index (χ1) is 29.6. The van der Waals surface area contributed by atoms with Gasteiger partial charge in [0.2, 0.25) is 0 Å². The Morgan fingerprint density at radius 1 is 0.869 bits per heavy atom. The van der Waals surface area contributed by atoms with Gasteiger partial charge in [-0.3, -0.25) is 14.3 Å². The number of hydrogen-bond donors (Lipinski definition) is 1. The van der Waals surface area contributed by atoms with E-state index in [-0.39, 0.29) is 28.9 Å². The minimum Gasteiger partial charge on any atom is -0.497 e. The Morgan fingerprint density at radius 3 is 2.08 bits per heavy atom. The van der Waals surface area contributed by atoms with Gasteiger partial charge in [0.25, 0.3) is 14.1 Å². The van der Waals surface area contributed by atoms with Gasteiger partial charge in [-0.15, -0.1) is 5.92 Å². The maximum absolute atomic E-state index is 17.3. The van der Waals surface area contributed by atoms with Crippen LogP contribution in [-0.4, -0.2) is 86.3 Å². The summed E-state index contributed by atoms with van der Waals surface area (Å²) in [5.41, 5.74) is -0.797. The van der Waals surface area contributed by atoms with Crippen molar-refractivity contribution in [3.63, 3.8) is 0 Å². The normalized spacial score (nSPS) is 23.9. The highest BCUT2D eigenvalue weighted by molar-refractivity contribution is 7.91.